The Labute approximate surface area is 134 Å². The number of benzene rings is 2. The molecule has 1 aliphatic carbocycles. The lowest BCUT2D eigenvalue weighted by Gasteiger charge is -2.22. The normalized spacial score (nSPS) is 16.2. The average Bonchev–Trinajstić information content (AvgIpc) is 2.56. The molecule has 0 bridgehead atoms. The Morgan fingerprint density at radius 2 is 1.52 bits per heavy atom. The molecule has 1 aliphatic rings. The van der Waals surface area contributed by atoms with Crippen molar-refractivity contribution in [3.63, 3.8) is 0 Å². The van der Waals surface area contributed by atoms with Crippen LogP contribution >= 0.6 is 0 Å². The molecule has 0 fully saturated rings. The fourth-order valence-electron chi connectivity index (χ4n) is 2.96. The van der Waals surface area contributed by atoms with Gasteiger partial charge in [0.05, 0.1) is 5.56 Å². The van der Waals surface area contributed by atoms with E-state index in [0.29, 0.717) is 0 Å². The quantitative estimate of drug-likeness (QED) is 0.643. The van der Waals surface area contributed by atoms with E-state index in [2.05, 4.69) is 18.2 Å². The largest absolute Gasteiger partial charge is 0.416 e. The van der Waals surface area contributed by atoms with Crippen molar-refractivity contribution in [3.8, 4) is 0 Å². The molecule has 0 saturated heterocycles. The lowest BCUT2D eigenvalue weighted by atomic mass is 9.83. The van der Waals surface area contributed by atoms with E-state index in [4.69, 9.17) is 0 Å². The summed E-state index contributed by atoms with van der Waals surface area (Å²) in [4.78, 5) is 0. The van der Waals surface area contributed by atoms with Gasteiger partial charge < -0.3 is 0 Å². The van der Waals surface area contributed by atoms with Crippen molar-refractivity contribution in [1.82, 2.24) is 0 Å². The molecule has 0 N–H and O–H groups in total. The van der Waals surface area contributed by atoms with E-state index in [1.165, 1.54) is 23.6 Å². The van der Waals surface area contributed by atoms with Gasteiger partial charge >= 0.3 is 6.18 Å². The molecule has 3 heteroatoms. The number of hydrogen-bond acceptors (Lipinski definition) is 0. The third kappa shape index (κ3) is 4.04. The van der Waals surface area contributed by atoms with Crippen LogP contribution in [0.2, 0.25) is 0 Å². The zero-order valence-electron chi connectivity index (χ0n) is 12.7. The van der Waals surface area contributed by atoms with Crippen molar-refractivity contribution in [2.24, 2.45) is 0 Å². The van der Waals surface area contributed by atoms with Crippen molar-refractivity contribution >= 4 is 5.57 Å². The number of alkyl halides is 3. The van der Waals surface area contributed by atoms with E-state index in [-0.39, 0.29) is 0 Å². The van der Waals surface area contributed by atoms with Gasteiger partial charge in [-0.3, -0.25) is 0 Å². The second-order valence-electron chi connectivity index (χ2n) is 5.92. The van der Waals surface area contributed by atoms with Crippen molar-refractivity contribution in [3.05, 3.63) is 83.3 Å². The molecule has 1 radical (unpaired) electrons. The molecule has 0 spiro atoms. The highest BCUT2D eigenvalue weighted by Gasteiger charge is 2.30. The van der Waals surface area contributed by atoms with Crippen molar-refractivity contribution < 1.29 is 13.2 Å². The predicted octanol–water partition coefficient (Wildman–Crippen LogP) is 6.09. The number of hydrogen-bond donors (Lipinski definition) is 0. The van der Waals surface area contributed by atoms with E-state index in [1.54, 1.807) is 12.1 Å². The lowest BCUT2D eigenvalue weighted by Crippen LogP contribution is -2.07. The Morgan fingerprint density at radius 3 is 2.09 bits per heavy atom. The van der Waals surface area contributed by atoms with Crippen LogP contribution in [0.1, 0.15) is 36.0 Å². The minimum Gasteiger partial charge on any atom is -0.166 e. The molecule has 0 heterocycles. The Bertz CT molecular complexity index is 666. The van der Waals surface area contributed by atoms with Gasteiger partial charge in [-0.15, -0.1) is 0 Å². The first kappa shape index (κ1) is 15.9. The van der Waals surface area contributed by atoms with Crippen molar-refractivity contribution in [2.45, 2.75) is 31.9 Å². The SMILES string of the molecule is FC(F)(F)c1ccc(C2=CC[C](Cc3ccccc3)CC2)cc1. The summed E-state index contributed by atoms with van der Waals surface area (Å²) in [5.74, 6) is 1.48. The molecule has 2 aromatic carbocycles. The molecule has 2 aromatic rings. The van der Waals surface area contributed by atoms with Gasteiger partial charge in [-0.1, -0.05) is 48.5 Å². The van der Waals surface area contributed by atoms with E-state index in [0.717, 1.165) is 36.8 Å². The van der Waals surface area contributed by atoms with Gasteiger partial charge in [0.2, 0.25) is 0 Å². The zero-order chi connectivity index (χ0) is 16.3. The first-order chi connectivity index (χ1) is 11.0. The highest BCUT2D eigenvalue weighted by molar-refractivity contribution is 5.67. The van der Waals surface area contributed by atoms with Gasteiger partial charge in [0.15, 0.2) is 0 Å². The monoisotopic (exact) mass is 315 g/mol. The molecule has 0 atom stereocenters. The highest BCUT2D eigenvalue weighted by atomic mass is 19.4. The Balaban J connectivity index is 1.65. The smallest absolute Gasteiger partial charge is 0.166 e. The first-order valence-electron chi connectivity index (χ1n) is 7.76. The van der Waals surface area contributed by atoms with Gasteiger partial charge in [-0.2, -0.15) is 13.2 Å². The Kier molecular flexibility index (Phi) is 4.56. The van der Waals surface area contributed by atoms with Gasteiger partial charge in [-0.05, 0) is 60.4 Å². The summed E-state index contributed by atoms with van der Waals surface area (Å²) in [6.07, 6.45) is 1.68. The molecule has 3 rings (SSSR count). The van der Waals surface area contributed by atoms with Crippen LogP contribution in [0.15, 0.2) is 60.7 Å². The summed E-state index contributed by atoms with van der Waals surface area (Å²) in [5, 5.41) is 0. The van der Waals surface area contributed by atoms with Gasteiger partial charge in [0.25, 0.3) is 0 Å². The Morgan fingerprint density at radius 1 is 0.826 bits per heavy atom. The molecule has 0 saturated carbocycles. The van der Waals surface area contributed by atoms with E-state index < -0.39 is 11.7 Å². The van der Waals surface area contributed by atoms with Crippen molar-refractivity contribution in [2.75, 3.05) is 0 Å². The van der Waals surface area contributed by atoms with Crippen LogP contribution in [-0.2, 0) is 12.6 Å². The summed E-state index contributed by atoms with van der Waals surface area (Å²) in [6.45, 7) is 0. The summed E-state index contributed by atoms with van der Waals surface area (Å²) < 4.78 is 37.8. The summed E-state index contributed by atoms with van der Waals surface area (Å²) in [5.41, 5.74) is 2.77. The highest BCUT2D eigenvalue weighted by Crippen LogP contribution is 2.35. The summed E-state index contributed by atoms with van der Waals surface area (Å²) in [7, 11) is 0. The molecule has 119 valence electrons. The van der Waals surface area contributed by atoms with Gasteiger partial charge in [0, 0.05) is 0 Å². The lowest BCUT2D eigenvalue weighted by molar-refractivity contribution is -0.137. The van der Waals surface area contributed by atoms with Crippen LogP contribution in [0.25, 0.3) is 5.57 Å². The molecule has 23 heavy (non-hydrogen) atoms. The average molecular weight is 315 g/mol. The third-order valence-corrected chi connectivity index (χ3v) is 4.26. The zero-order valence-corrected chi connectivity index (χ0v) is 12.7. The third-order valence-electron chi connectivity index (χ3n) is 4.26. The Hall–Kier alpha value is -2.03. The van der Waals surface area contributed by atoms with Gasteiger partial charge in [0.1, 0.15) is 0 Å². The van der Waals surface area contributed by atoms with E-state index in [9.17, 15) is 13.2 Å². The molecule has 0 aromatic heterocycles. The van der Waals surface area contributed by atoms with Crippen LogP contribution < -0.4 is 0 Å². The predicted molar refractivity (Wildman–Crippen MR) is 86.7 cm³/mol. The van der Waals surface area contributed by atoms with Crippen LogP contribution in [0.4, 0.5) is 13.2 Å². The van der Waals surface area contributed by atoms with E-state index in [1.807, 2.05) is 18.2 Å². The molecule has 0 amide bonds. The number of allylic oxidation sites excluding steroid dienone is 2. The fourth-order valence-corrected chi connectivity index (χ4v) is 2.96. The first-order valence-corrected chi connectivity index (χ1v) is 7.76. The maximum absolute atomic E-state index is 12.6. The maximum atomic E-state index is 12.6. The van der Waals surface area contributed by atoms with E-state index >= 15 is 0 Å². The van der Waals surface area contributed by atoms with Crippen LogP contribution in [0, 0.1) is 5.92 Å². The minimum atomic E-state index is -4.27. The van der Waals surface area contributed by atoms with Crippen LogP contribution in [0.5, 0.6) is 0 Å². The standard InChI is InChI=1S/C20H18F3/c21-20(22,23)19-12-10-18(11-13-19)17-8-6-16(7-9-17)14-15-4-2-1-3-5-15/h1-5,8,10-13H,6-7,9,14H2. The number of rotatable bonds is 3. The fraction of sp³-hybridized carbons (Fsp3) is 0.250. The molecule has 0 nitrogen and oxygen atoms in total. The second kappa shape index (κ2) is 6.61. The topological polar surface area (TPSA) is 0 Å². The summed E-state index contributed by atoms with van der Waals surface area (Å²) >= 11 is 0. The van der Waals surface area contributed by atoms with Crippen LogP contribution in [0.3, 0.4) is 0 Å². The second-order valence-corrected chi connectivity index (χ2v) is 5.92. The van der Waals surface area contributed by atoms with Gasteiger partial charge in [-0.25, -0.2) is 0 Å². The molecular weight excluding hydrogens is 297 g/mol. The van der Waals surface area contributed by atoms with Crippen LogP contribution in [-0.4, -0.2) is 0 Å². The summed E-state index contributed by atoms with van der Waals surface area (Å²) in [6, 6.07) is 15.8. The molecule has 0 unspecified atom stereocenters. The minimum absolute atomic E-state index is 0.589. The molecular formula is C20H18F3. The van der Waals surface area contributed by atoms with Crippen molar-refractivity contribution in [1.29, 1.82) is 0 Å². The molecule has 0 aliphatic heterocycles. The number of halogens is 3. The maximum Gasteiger partial charge on any atom is 0.416 e.